The van der Waals surface area contributed by atoms with E-state index in [9.17, 15) is 0 Å². The van der Waals surface area contributed by atoms with Crippen molar-refractivity contribution >= 4 is 0 Å². The second kappa shape index (κ2) is 7.86. The van der Waals surface area contributed by atoms with Crippen LogP contribution >= 0.6 is 0 Å². The van der Waals surface area contributed by atoms with Crippen LogP contribution in [0.2, 0.25) is 0 Å². The smallest absolute Gasteiger partial charge is 0.0991 e. The van der Waals surface area contributed by atoms with Gasteiger partial charge in [-0.05, 0) is 30.5 Å². The number of hydrogen-bond acceptors (Lipinski definition) is 2. The summed E-state index contributed by atoms with van der Waals surface area (Å²) in [5, 5.41) is 12.3. The van der Waals surface area contributed by atoms with Crippen molar-refractivity contribution in [1.82, 2.24) is 5.32 Å². The van der Waals surface area contributed by atoms with Crippen LogP contribution in [0.1, 0.15) is 50.7 Å². The maximum absolute atomic E-state index is 8.72. The molecule has 0 amide bonds. The molecule has 1 aromatic carbocycles. The molecule has 0 unspecified atom stereocenters. The summed E-state index contributed by atoms with van der Waals surface area (Å²) in [4.78, 5) is 0. The molecule has 0 aliphatic carbocycles. The van der Waals surface area contributed by atoms with Gasteiger partial charge >= 0.3 is 0 Å². The number of nitrogens with one attached hydrogen (secondary N) is 1. The summed E-state index contributed by atoms with van der Waals surface area (Å²) in [6.45, 7) is 5.36. The molecule has 0 saturated heterocycles. The zero-order valence-corrected chi connectivity index (χ0v) is 10.9. The van der Waals surface area contributed by atoms with Gasteiger partial charge in [-0.1, -0.05) is 38.8 Å². The Labute approximate surface area is 105 Å². The van der Waals surface area contributed by atoms with Gasteiger partial charge < -0.3 is 5.32 Å². The molecule has 0 aliphatic heterocycles. The standard InChI is InChI=1S/C15H22N2/c1-3-5-15(6-4-2)17-12-14-9-7-13(11-16)8-10-14/h7-10,15,17H,3-6,12H2,1-2H3. The Morgan fingerprint density at radius 2 is 1.71 bits per heavy atom. The molecule has 0 aliphatic rings. The van der Waals surface area contributed by atoms with Crippen molar-refractivity contribution in [3.8, 4) is 6.07 Å². The summed E-state index contributed by atoms with van der Waals surface area (Å²) in [6, 6.07) is 10.6. The third-order valence-electron chi connectivity index (χ3n) is 2.95. The molecule has 1 aromatic rings. The van der Waals surface area contributed by atoms with Gasteiger partial charge in [0.25, 0.3) is 0 Å². The third kappa shape index (κ3) is 5.01. The average Bonchev–Trinajstić information content (AvgIpc) is 2.37. The van der Waals surface area contributed by atoms with Crippen LogP contribution in [0.15, 0.2) is 24.3 Å². The van der Waals surface area contributed by atoms with Crippen molar-refractivity contribution in [2.45, 2.75) is 52.1 Å². The summed E-state index contributed by atoms with van der Waals surface area (Å²) in [7, 11) is 0. The van der Waals surface area contributed by atoms with E-state index in [0.29, 0.717) is 6.04 Å². The Morgan fingerprint density at radius 1 is 1.12 bits per heavy atom. The zero-order valence-electron chi connectivity index (χ0n) is 10.9. The van der Waals surface area contributed by atoms with E-state index in [1.165, 1.54) is 31.2 Å². The summed E-state index contributed by atoms with van der Waals surface area (Å²) in [5.41, 5.74) is 1.98. The molecular weight excluding hydrogens is 208 g/mol. The van der Waals surface area contributed by atoms with Crippen molar-refractivity contribution in [3.63, 3.8) is 0 Å². The number of benzene rings is 1. The maximum Gasteiger partial charge on any atom is 0.0991 e. The summed E-state index contributed by atoms with van der Waals surface area (Å²) < 4.78 is 0. The largest absolute Gasteiger partial charge is 0.310 e. The first-order valence-electron chi connectivity index (χ1n) is 6.52. The Hall–Kier alpha value is -1.33. The Bertz CT molecular complexity index is 342. The highest BCUT2D eigenvalue weighted by molar-refractivity contribution is 5.31. The molecule has 2 nitrogen and oxygen atoms in total. The van der Waals surface area contributed by atoms with Crippen molar-refractivity contribution in [2.24, 2.45) is 0 Å². The molecule has 92 valence electrons. The quantitative estimate of drug-likeness (QED) is 0.776. The van der Waals surface area contributed by atoms with E-state index in [1.807, 2.05) is 24.3 Å². The van der Waals surface area contributed by atoms with Gasteiger partial charge in [0.15, 0.2) is 0 Å². The second-order valence-corrected chi connectivity index (χ2v) is 4.46. The molecule has 0 bridgehead atoms. The van der Waals surface area contributed by atoms with Crippen molar-refractivity contribution < 1.29 is 0 Å². The minimum absolute atomic E-state index is 0.626. The summed E-state index contributed by atoms with van der Waals surface area (Å²) >= 11 is 0. The predicted molar refractivity (Wildman–Crippen MR) is 71.6 cm³/mol. The molecule has 0 spiro atoms. The minimum atomic E-state index is 0.626. The highest BCUT2D eigenvalue weighted by Crippen LogP contribution is 2.07. The zero-order chi connectivity index (χ0) is 12.5. The van der Waals surface area contributed by atoms with Crippen molar-refractivity contribution in [3.05, 3.63) is 35.4 Å². The number of nitrogens with zero attached hydrogens (tertiary/aromatic N) is 1. The molecule has 0 atom stereocenters. The first kappa shape index (κ1) is 13.7. The maximum atomic E-state index is 8.72. The van der Waals surface area contributed by atoms with E-state index in [4.69, 9.17) is 5.26 Å². The van der Waals surface area contributed by atoms with Gasteiger partial charge in [-0.15, -0.1) is 0 Å². The van der Waals surface area contributed by atoms with Crippen LogP contribution in [-0.2, 0) is 6.54 Å². The fourth-order valence-corrected chi connectivity index (χ4v) is 2.00. The lowest BCUT2D eigenvalue weighted by atomic mass is 10.1. The van der Waals surface area contributed by atoms with Gasteiger partial charge in [0.2, 0.25) is 0 Å². The average molecular weight is 230 g/mol. The fourth-order valence-electron chi connectivity index (χ4n) is 2.00. The van der Waals surface area contributed by atoms with Gasteiger partial charge in [-0.2, -0.15) is 5.26 Å². The van der Waals surface area contributed by atoms with Crippen LogP contribution in [0, 0.1) is 11.3 Å². The molecule has 0 radical (unpaired) electrons. The second-order valence-electron chi connectivity index (χ2n) is 4.46. The molecule has 17 heavy (non-hydrogen) atoms. The predicted octanol–water partition coefficient (Wildman–Crippen LogP) is 3.62. The topological polar surface area (TPSA) is 35.8 Å². The Kier molecular flexibility index (Phi) is 6.35. The van der Waals surface area contributed by atoms with E-state index < -0.39 is 0 Å². The fraction of sp³-hybridized carbons (Fsp3) is 0.533. The van der Waals surface area contributed by atoms with Gasteiger partial charge in [-0.25, -0.2) is 0 Å². The summed E-state index contributed by atoms with van der Waals surface area (Å²) in [5.74, 6) is 0. The number of rotatable bonds is 7. The van der Waals surface area contributed by atoms with Crippen molar-refractivity contribution in [2.75, 3.05) is 0 Å². The van der Waals surface area contributed by atoms with Crippen LogP contribution in [0.25, 0.3) is 0 Å². The van der Waals surface area contributed by atoms with E-state index >= 15 is 0 Å². The van der Waals surface area contributed by atoms with E-state index in [0.717, 1.165) is 12.1 Å². The molecule has 2 heteroatoms. The van der Waals surface area contributed by atoms with Crippen LogP contribution in [0.5, 0.6) is 0 Å². The lowest BCUT2D eigenvalue weighted by Crippen LogP contribution is -2.28. The van der Waals surface area contributed by atoms with E-state index in [-0.39, 0.29) is 0 Å². The number of hydrogen-bond donors (Lipinski definition) is 1. The first-order valence-corrected chi connectivity index (χ1v) is 6.52. The van der Waals surface area contributed by atoms with Gasteiger partial charge in [-0.3, -0.25) is 0 Å². The van der Waals surface area contributed by atoms with Crippen LogP contribution in [-0.4, -0.2) is 6.04 Å². The van der Waals surface area contributed by atoms with Crippen molar-refractivity contribution in [1.29, 1.82) is 5.26 Å². The summed E-state index contributed by atoms with van der Waals surface area (Å²) in [6.07, 6.45) is 4.93. The molecule has 0 aromatic heterocycles. The molecule has 0 heterocycles. The van der Waals surface area contributed by atoms with Gasteiger partial charge in [0.1, 0.15) is 0 Å². The lowest BCUT2D eigenvalue weighted by Gasteiger charge is -2.17. The molecule has 0 fully saturated rings. The Balaban J connectivity index is 2.44. The van der Waals surface area contributed by atoms with Crippen LogP contribution in [0.3, 0.4) is 0 Å². The molecule has 1 rings (SSSR count). The number of nitriles is 1. The van der Waals surface area contributed by atoms with Crippen LogP contribution < -0.4 is 5.32 Å². The molecule has 1 N–H and O–H groups in total. The van der Waals surface area contributed by atoms with Gasteiger partial charge in [0, 0.05) is 12.6 Å². The van der Waals surface area contributed by atoms with Gasteiger partial charge in [0.05, 0.1) is 11.6 Å². The Morgan fingerprint density at radius 3 is 2.18 bits per heavy atom. The van der Waals surface area contributed by atoms with Crippen LogP contribution in [0.4, 0.5) is 0 Å². The minimum Gasteiger partial charge on any atom is -0.310 e. The highest BCUT2D eigenvalue weighted by atomic mass is 14.9. The van der Waals surface area contributed by atoms with E-state index in [2.05, 4.69) is 25.2 Å². The monoisotopic (exact) mass is 230 g/mol. The normalized spacial score (nSPS) is 10.5. The molecular formula is C15H22N2. The SMILES string of the molecule is CCCC(CCC)NCc1ccc(C#N)cc1. The van der Waals surface area contributed by atoms with E-state index in [1.54, 1.807) is 0 Å². The highest BCUT2D eigenvalue weighted by Gasteiger charge is 2.05. The third-order valence-corrected chi connectivity index (χ3v) is 2.95. The molecule has 0 saturated carbocycles. The lowest BCUT2D eigenvalue weighted by molar-refractivity contribution is 0.443. The first-order chi connectivity index (χ1) is 8.30.